The third kappa shape index (κ3) is 4.77. The summed E-state index contributed by atoms with van der Waals surface area (Å²) >= 11 is 0. The standard InChI is InChI=1S/C25H30N4O3S/c1-17-9-10-21(15-18(17)2)33(31,32)29-13-11-20(12-14-29)25(30)28(4)16-24-26-19(3)22-7-5-6-8-23(22)27-24/h5-10,15,20H,11-14,16H2,1-4H3. The molecule has 0 atom stereocenters. The molecule has 0 N–H and O–H groups in total. The van der Waals surface area contributed by atoms with Gasteiger partial charge in [0, 0.05) is 37.1 Å². The van der Waals surface area contributed by atoms with Crippen molar-refractivity contribution < 1.29 is 13.2 Å². The highest BCUT2D eigenvalue weighted by atomic mass is 32.2. The van der Waals surface area contributed by atoms with E-state index < -0.39 is 10.0 Å². The summed E-state index contributed by atoms with van der Waals surface area (Å²) in [5.41, 5.74) is 3.77. The molecule has 1 amide bonds. The fourth-order valence-corrected chi connectivity index (χ4v) is 5.89. The Bertz CT molecular complexity index is 1300. The van der Waals surface area contributed by atoms with Crippen molar-refractivity contribution in [2.45, 2.75) is 45.1 Å². The van der Waals surface area contributed by atoms with Gasteiger partial charge in [-0.25, -0.2) is 18.4 Å². The number of fused-ring (bicyclic) bond motifs is 1. The van der Waals surface area contributed by atoms with Crippen molar-refractivity contribution in [1.82, 2.24) is 19.2 Å². The summed E-state index contributed by atoms with van der Waals surface area (Å²) in [6.45, 7) is 6.82. The Kier molecular flexibility index (Phi) is 6.50. The second-order valence-corrected chi connectivity index (χ2v) is 10.8. The van der Waals surface area contributed by atoms with Crippen LogP contribution in [0.2, 0.25) is 0 Å². The molecule has 33 heavy (non-hydrogen) atoms. The zero-order chi connectivity index (χ0) is 23.8. The van der Waals surface area contributed by atoms with Crippen molar-refractivity contribution in [2.24, 2.45) is 5.92 Å². The lowest BCUT2D eigenvalue weighted by atomic mass is 9.96. The smallest absolute Gasteiger partial charge is 0.243 e. The number of sulfonamides is 1. The van der Waals surface area contributed by atoms with Gasteiger partial charge in [0.1, 0.15) is 5.82 Å². The average molecular weight is 467 g/mol. The number of benzene rings is 2. The topological polar surface area (TPSA) is 83.5 Å². The van der Waals surface area contributed by atoms with E-state index in [9.17, 15) is 13.2 Å². The molecule has 1 saturated heterocycles. The second-order valence-electron chi connectivity index (χ2n) is 8.86. The molecule has 0 aliphatic carbocycles. The molecule has 7 nitrogen and oxygen atoms in total. The van der Waals surface area contributed by atoms with Crippen molar-refractivity contribution in [1.29, 1.82) is 0 Å². The van der Waals surface area contributed by atoms with E-state index in [1.807, 2.05) is 51.1 Å². The zero-order valence-corrected chi connectivity index (χ0v) is 20.4. The molecule has 0 unspecified atom stereocenters. The van der Waals surface area contributed by atoms with Crippen LogP contribution in [0.3, 0.4) is 0 Å². The summed E-state index contributed by atoms with van der Waals surface area (Å²) < 4.78 is 27.6. The van der Waals surface area contributed by atoms with Crippen LogP contribution >= 0.6 is 0 Å². The molecular weight excluding hydrogens is 436 g/mol. The first kappa shape index (κ1) is 23.3. The van der Waals surface area contributed by atoms with E-state index in [0.717, 1.165) is 27.7 Å². The van der Waals surface area contributed by atoms with Crippen LogP contribution in [0, 0.1) is 26.7 Å². The minimum atomic E-state index is -3.56. The lowest BCUT2D eigenvalue weighted by Crippen LogP contribution is -2.43. The third-order valence-corrected chi connectivity index (χ3v) is 8.41. The van der Waals surface area contributed by atoms with Gasteiger partial charge in [-0.05, 0) is 62.9 Å². The number of aryl methyl sites for hydroxylation is 3. The van der Waals surface area contributed by atoms with Gasteiger partial charge in [0.2, 0.25) is 15.9 Å². The van der Waals surface area contributed by atoms with Crippen LogP contribution in [0.4, 0.5) is 0 Å². The Hall–Kier alpha value is -2.84. The van der Waals surface area contributed by atoms with Crippen LogP contribution in [-0.2, 0) is 21.4 Å². The second kappa shape index (κ2) is 9.19. The number of rotatable bonds is 5. The fraction of sp³-hybridized carbons (Fsp3) is 0.400. The van der Waals surface area contributed by atoms with E-state index in [1.54, 1.807) is 24.1 Å². The SMILES string of the molecule is Cc1ccc(S(=O)(=O)N2CCC(C(=O)N(C)Cc3nc(C)c4ccccc4n3)CC2)cc1C. The Morgan fingerprint density at radius 2 is 1.73 bits per heavy atom. The molecule has 4 rings (SSSR count). The maximum atomic E-state index is 13.1. The highest BCUT2D eigenvalue weighted by Crippen LogP contribution is 2.26. The Morgan fingerprint density at radius 1 is 1.03 bits per heavy atom. The largest absolute Gasteiger partial charge is 0.338 e. The first-order chi connectivity index (χ1) is 15.7. The first-order valence-electron chi connectivity index (χ1n) is 11.2. The molecule has 0 spiro atoms. The number of amides is 1. The van der Waals surface area contributed by atoms with Gasteiger partial charge in [0.05, 0.1) is 17.0 Å². The van der Waals surface area contributed by atoms with E-state index >= 15 is 0 Å². The average Bonchev–Trinajstić information content (AvgIpc) is 2.80. The number of para-hydroxylation sites is 1. The summed E-state index contributed by atoms with van der Waals surface area (Å²) in [7, 11) is -1.80. The summed E-state index contributed by atoms with van der Waals surface area (Å²) in [4.78, 5) is 24.2. The highest BCUT2D eigenvalue weighted by Gasteiger charge is 2.33. The van der Waals surface area contributed by atoms with Gasteiger partial charge in [-0.3, -0.25) is 4.79 Å². The van der Waals surface area contributed by atoms with E-state index in [2.05, 4.69) is 9.97 Å². The first-order valence-corrected chi connectivity index (χ1v) is 12.7. The van der Waals surface area contributed by atoms with Crippen LogP contribution in [-0.4, -0.2) is 53.6 Å². The van der Waals surface area contributed by atoms with Gasteiger partial charge in [-0.2, -0.15) is 4.31 Å². The number of piperidine rings is 1. The molecule has 1 aliphatic rings. The van der Waals surface area contributed by atoms with Gasteiger partial charge in [-0.15, -0.1) is 0 Å². The van der Waals surface area contributed by atoms with Crippen molar-refractivity contribution >= 4 is 26.8 Å². The van der Waals surface area contributed by atoms with Crippen molar-refractivity contribution in [2.75, 3.05) is 20.1 Å². The van der Waals surface area contributed by atoms with Gasteiger partial charge < -0.3 is 4.90 Å². The highest BCUT2D eigenvalue weighted by molar-refractivity contribution is 7.89. The number of carbonyl (C=O) groups excluding carboxylic acids is 1. The summed E-state index contributed by atoms with van der Waals surface area (Å²) in [5, 5.41) is 1.01. The minimum absolute atomic E-state index is 0.00707. The summed E-state index contributed by atoms with van der Waals surface area (Å²) in [6.07, 6.45) is 1.01. The molecule has 8 heteroatoms. The Labute approximate surface area is 195 Å². The van der Waals surface area contributed by atoms with E-state index in [4.69, 9.17) is 0 Å². The summed E-state index contributed by atoms with van der Waals surface area (Å²) in [6, 6.07) is 13.1. The Morgan fingerprint density at radius 3 is 2.42 bits per heavy atom. The molecule has 1 fully saturated rings. The lowest BCUT2D eigenvalue weighted by molar-refractivity contribution is -0.136. The molecule has 174 valence electrons. The quantitative estimate of drug-likeness (QED) is 0.574. The minimum Gasteiger partial charge on any atom is -0.338 e. The van der Waals surface area contributed by atoms with E-state index in [1.165, 1.54) is 4.31 Å². The number of hydrogen-bond donors (Lipinski definition) is 0. The Balaban J connectivity index is 1.40. The van der Waals surface area contributed by atoms with Crippen molar-refractivity contribution in [3.63, 3.8) is 0 Å². The normalized spacial score (nSPS) is 15.6. The number of carbonyl (C=O) groups is 1. The molecule has 3 aromatic rings. The van der Waals surface area contributed by atoms with Crippen LogP contribution in [0.15, 0.2) is 47.4 Å². The number of hydrogen-bond acceptors (Lipinski definition) is 5. The van der Waals surface area contributed by atoms with Crippen LogP contribution in [0.5, 0.6) is 0 Å². The lowest BCUT2D eigenvalue weighted by Gasteiger charge is -2.32. The monoisotopic (exact) mass is 466 g/mol. The van der Waals surface area contributed by atoms with Crippen LogP contribution in [0.25, 0.3) is 10.9 Å². The molecule has 1 aliphatic heterocycles. The maximum Gasteiger partial charge on any atom is 0.243 e. The maximum absolute atomic E-state index is 13.1. The van der Waals surface area contributed by atoms with Gasteiger partial charge in [0.15, 0.2) is 0 Å². The molecule has 0 saturated carbocycles. The van der Waals surface area contributed by atoms with Crippen molar-refractivity contribution in [3.05, 3.63) is 65.1 Å². The van der Waals surface area contributed by atoms with E-state index in [0.29, 0.717) is 43.2 Å². The predicted molar refractivity (Wildman–Crippen MR) is 128 cm³/mol. The fourth-order valence-electron chi connectivity index (χ4n) is 4.33. The third-order valence-electron chi connectivity index (χ3n) is 6.51. The summed E-state index contributed by atoms with van der Waals surface area (Å²) in [5.74, 6) is 0.409. The van der Waals surface area contributed by atoms with E-state index in [-0.39, 0.29) is 11.8 Å². The zero-order valence-electron chi connectivity index (χ0n) is 19.6. The molecule has 2 heterocycles. The van der Waals surface area contributed by atoms with Crippen LogP contribution in [0.1, 0.15) is 35.5 Å². The van der Waals surface area contributed by atoms with Gasteiger partial charge >= 0.3 is 0 Å². The number of aromatic nitrogens is 2. The molecule has 0 bridgehead atoms. The molecule has 1 aromatic heterocycles. The predicted octanol–water partition coefficient (Wildman–Crippen LogP) is 3.61. The molecule has 2 aromatic carbocycles. The molecular formula is C25H30N4O3S. The van der Waals surface area contributed by atoms with Crippen molar-refractivity contribution in [3.8, 4) is 0 Å². The van der Waals surface area contributed by atoms with Gasteiger partial charge in [-0.1, -0.05) is 24.3 Å². The number of nitrogens with zero attached hydrogens (tertiary/aromatic N) is 4. The van der Waals surface area contributed by atoms with Gasteiger partial charge in [0.25, 0.3) is 0 Å². The molecule has 0 radical (unpaired) electrons. The van der Waals surface area contributed by atoms with Crippen LogP contribution < -0.4 is 0 Å².